The van der Waals surface area contributed by atoms with Gasteiger partial charge >= 0.3 is 13.8 Å². The van der Waals surface area contributed by atoms with Gasteiger partial charge in [0, 0.05) is 19.6 Å². The first-order chi connectivity index (χ1) is 25.9. The highest BCUT2D eigenvalue weighted by atomic mass is 31.2. The molecular formula is C44H90NO7P. The van der Waals surface area contributed by atoms with Crippen LogP contribution in [0.1, 0.15) is 239 Å². The summed E-state index contributed by atoms with van der Waals surface area (Å²) < 4.78 is 33.5. The van der Waals surface area contributed by atoms with Gasteiger partial charge in [0.25, 0.3) is 0 Å². The van der Waals surface area contributed by atoms with Crippen molar-refractivity contribution in [2.45, 2.75) is 245 Å². The Kier molecular flexibility index (Phi) is 42.2. The predicted octanol–water partition coefficient (Wildman–Crippen LogP) is 13.7. The van der Waals surface area contributed by atoms with Crippen molar-refractivity contribution in [3.63, 3.8) is 0 Å². The normalized spacial score (nSPS) is 13.4. The van der Waals surface area contributed by atoms with E-state index in [2.05, 4.69) is 13.8 Å². The van der Waals surface area contributed by atoms with Gasteiger partial charge in [-0.05, 0) is 12.8 Å². The van der Waals surface area contributed by atoms with Gasteiger partial charge in [0.15, 0.2) is 0 Å². The molecule has 9 heteroatoms. The lowest BCUT2D eigenvalue weighted by molar-refractivity contribution is -0.154. The highest BCUT2D eigenvalue weighted by Gasteiger charge is 2.25. The molecule has 0 rings (SSSR count). The number of esters is 1. The predicted molar refractivity (Wildman–Crippen MR) is 224 cm³/mol. The second-order valence-electron chi connectivity index (χ2n) is 15.6. The third-order valence-electron chi connectivity index (χ3n) is 10.3. The average molecular weight is 776 g/mol. The van der Waals surface area contributed by atoms with Gasteiger partial charge < -0.3 is 20.1 Å². The zero-order chi connectivity index (χ0) is 38.8. The van der Waals surface area contributed by atoms with E-state index in [1.165, 1.54) is 186 Å². The molecule has 0 aromatic rings. The monoisotopic (exact) mass is 776 g/mol. The summed E-state index contributed by atoms with van der Waals surface area (Å²) in [7, 11) is -4.27. The van der Waals surface area contributed by atoms with Crippen molar-refractivity contribution in [3.8, 4) is 0 Å². The first-order valence-electron chi connectivity index (χ1n) is 23.0. The Morgan fingerprint density at radius 1 is 0.491 bits per heavy atom. The third-order valence-corrected chi connectivity index (χ3v) is 11.3. The standard InChI is InChI=1S/C44H90NO7P/c1-3-5-7-9-11-13-15-17-19-20-21-22-23-24-26-28-30-32-34-36-39-49-41-43(42-51-53(47,48)50-40-38-45)52-44(46)37-35-33-31-29-27-25-18-16-14-12-10-8-6-4-2/h43H,3-42,45H2,1-2H3,(H,47,48)/t43-/m1/s1. The molecule has 1 unspecified atom stereocenters. The number of phosphoric acid groups is 1. The summed E-state index contributed by atoms with van der Waals surface area (Å²) in [4.78, 5) is 22.5. The Bertz CT molecular complexity index is 787. The van der Waals surface area contributed by atoms with E-state index in [9.17, 15) is 14.3 Å². The summed E-state index contributed by atoms with van der Waals surface area (Å²) in [5.41, 5.74) is 5.37. The number of nitrogens with two attached hydrogens (primary N) is 1. The minimum absolute atomic E-state index is 0.0900. The highest BCUT2D eigenvalue weighted by Crippen LogP contribution is 2.43. The van der Waals surface area contributed by atoms with Crippen molar-refractivity contribution < 1.29 is 32.8 Å². The Hall–Kier alpha value is -0.500. The Labute approximate surface area is 329 Å². The van der Waals surface area contributed by atoms with Crippen molar-refractivity contribution in [1.29, 1.82) is 0 Å². The second-order valence-corrected chi connectivity index (χ2v) is 17.1. The summed E-state index contributed by atoms with van der Waals surface area (Å²) in [5, 5.41) is 0. The molecule has 0 heterocycles. The first-order valence-corrected chi connectivity index (χ1v) is 24.5. The second kappa shape index (κ2) is 42.6. The van der Waals surface area contributed by atoms with Crippen LogP contribution < -0.4 is 5.73 Å². The van der Waals surface area contributed by atoms with Gasteiger partial charge in [-0.3, -0.25) is 13.8 Å². The number of rotatable bonds is 45. The van der Waals surface area contributed by atoms with E-state index in [1.54, 1.807) is 0 Å². The number of carbonyl (C=O) groups is 1. The molecule has 53 heavy (non-hydrogen) atoms. The molecule has 0 spiro atoms. The molecule has 0 aromatic carbocycles. The molecule has 0 saturated carbocycles. The molecule has 0 fully saturated rings. The Balaban J connectivity index is 3.91. The van der Waals surface area contributed by atoms with Gasteiger partial charge in [0.1, 0.15) is 6.10 Å². The van der Waals surface area contributed by atoms with Gasteiger partial charge in [-0.25, -0.2) is 4.57 Å². The SMILES string of the molecule is CCCCCCCCCCCCCCCCCCCCCCOC[C@H](COP(=O)(O)OCCN)OC(=O)CCCCCCCCCCCCCCCC. The zero-order valence-electron chi connectivity index (χ0n) is 35.3. The Morgan fingerprint density at radius 2 is 0.830 bits per heavy atom. The minimum atomic E-state index is -4.27. The number of ether oxygens (including phenoxy) is 2. The summed E-state index contributed by atoms with van der Waals surface area (Å²) in [6.07, 6.45) is 44.1. The fraction of sp³-hybridized carbons (Fsp3) is 0.977. The first kappa shape index (κ1) is 52.5. The van der Waals surface area contributed by atoms with Gasteiger partial charge in [-0.2, -0.15) is 0 Å². The quantitative estimate of drug-likeness (QED) is 0.0357. The lowest BCUT2D eigenvalue weighted by atomic mass is 10.0. The maximum Gasteiger partial charge on any atom is 0.472 e. The van der Waals surface area contributed by atoms with Gasteiger partial charge in [-0.15, -0.1) is 0 Å². The molecule has 0 aliphatic heterocycles. The molecule has 0 aromatic heterocycles. The van der Waals surface area contributed by atoms with E-state index in [0.29, 0.717) is 13.0 Å². The average Bonchev–Trinajstić information content (AvgIpc) is 3.15. The summed E-state index contributed by atoms with van der Waals surface area (Å²) in [5.74, 6) is -0.324. The third kappa shape index (κ3) is 42.5. The van der Waals surface area contributed by atoms with Crippen LogP contribution in [0.5, 0.6) is 0 Å². The zero-order valence-corrected chi connectivity index (χ0v) is 36.2. The molecule has 318 valence electrons. The molecule has 0 saturated heterocycles. The van der Waals surface area contributed by atoms with E-state index >= 15 is 0 Å². The molecule has 0 aliphatic rings. The van der Waals surface area contributed by atoms with Crippen LogP contribution in [0.2, 0.25) is 0 Å². The number of phosphoric ester groups is 1. The highest BCUT2D eigenvalue weighted by molar-refractivity contribution is 7.47. The Morgan fingerprint density at radius 3 is 1.19 bits per heavy atom. The largest absolute Gasteiger partial charge is 0.472 e. The molecule has 0 amide bonds. The minimum Gasteiger partial charge on any atom is -0.457 e. The van der Waals surface area contributed by atoms with Crippen LogP contribution in [0, 0.1) is 0 Å². The van der Waals surface area contributed by atoms with Crippen molar-refractivity contribution >= 4 is 13.8 Å². The number of carbonyl (C=O) groups excluding carboxylic acids is 1. The molecule has 0 aliphatic carbocycles. The van der Waals surface area contributed by atoms with Crippen molar-refractivity contribution in [2.24, 2.45) is 5.73 Å². The van der Waals surface area contributed by atoms with Crippen LogP contribution in [0.4, 0.5) is 0 Å². The smallest absolute Gasteiger partial charge is 0.457 e. The lowest BCUT2D eigenvalue weighted by Gasteiger charge is -2.20. The van der Waals surface area contributed by atoms with Crippen molar-refractivity contribution in [2.75, 3.05) is 33.0 Å². The van der Waals surface area contributed by atoms with E-state index in [0.717, 1.165) is 32.1 Å². The van der Waals surface area contributed by atoms with Crippen LogP contribution >= 0.6 is 7.82 Å². The summed E-state index contributed by atoms with van der Waals surface area (Å²) >= 11 is 0. The maximum absolute atomic E-state index is 12.6. The number of unbranched alkanes of at least 4 members (excludes halogenated alkanes) is 32. The van der Waals surface area contributed by atoms with Gasteiger partial charge in [0.2, 0.25) is 0 Å². The fourth-order valence-corrected chi connectivity index (χ4v) is 7.65. The summed E-state index contributed by atoms with van der Waals surface area (Å²) in [6, 6.07) is 0. The molecule has 3 N–H and O–H groups in total. The molecule has 8 nitrogen and oxygen atoms in total. The number of hydrogen-bond acceptors (Lipinski definition) is 7. The summed E-state index contributed by atoms with van der Waals surface area (Å²) in [6.45, 7) is 4.99. The van der Waals surface area contributed by atoms with Crippen LogP contribution in [-0.2, 0) is 27.9 Å². The fourth-order valence-electron chi connectivity index (χ4n) is 6.88. The van der Waals surface area contributed by atoms with Crippen molar-refractivity contribution in [1.82, 2.24) is 0 Å². The van der Waals surface area contributed by atoms with E-state index in [4.69, 9.17) is 24.3 Å². The van der Waals surface area contributed by atoms with Crippen LogP contribution in [0.3, 0.4) is 0 Å². The lowest BCUT2D eigenvalue weighted by Crippen LogP contribution is -2.28. The van der Waals surface area contributed by atoms with E-state index in [1.807, 2.05) is 0 Å². The van der Waals surface area contributed by atoms with E-state index in [-0.39, 0.29) is 32.3 Å². The van der Waals surface area contributed by atoms with E-state index < -0.39 is 13.9 Å². The van der Waals surface area contributed by atoms with Gasteiger partial charge in [-0.1, -0.05) is 219 Å². The molecular weight excluding hydrogens is 685 g/mol. The van der Waals surface area contributed by atoms with Crippen LogP contribution in [-0.4, -0.2) is 49.9 Å². The number of hydrogen-bond donors (Lipinski definition) is 2. The molecule has 0 radical (unpaired) electrons. The van der Waals surface area contributed by atoms with Crippen molar-refractivity contribution in [3.05, 3.63) is 0 Å². The molecule has 2 atom stereocenters. The van der Waals surface area contributed by atoms with Crippen LogP contribution in [0.25, 0.3) is 0 Å². The topological polar surface area (TPSA) is 117 Å². The molecule has 0 bridgehead atoms. The van der Waals surface area contributed by atoms with Crippen LogP contribution in [0.15, 0.2) is 0 Å². The van der Waals surface area contributed by atoms with Gasteiger partial charge in [0.05, 0.1) is 19.8 Å². The maximum atomic E-state index is 12.6.